The Kier molecular flexibility index (Phi) is 12.4. The molecule has 10 nitrogen and oxygen atoms in total. The normalized spacial score (nSPS) is 14.8. The smallest absolute Gasteiger partial charge is 0.326 e. The third-order valence-corrected chi connectivity index (χ3v) is 8.03. The summed E-state index contributed by atoms with van der Waals surface area (Å²) in [6.45, 7) is 3.59. The number of carboxylic acids is 1. The van der Waals surface area contributed by atoms with Gasteiger partial charge in [0.25, 0.3) is 0 Å². The molecule has 3 rings (SSSR count). The molecule has 5 atom stereocenters. The Morgan fingerprint density at radius 2 is 1.55 bits per heavy atom. The van der Waals surface area contributed by atoms with Crippen molar-refractivity contribution in [2.75, 3.05) is 12.0 Å². The van der Waals surface area contributed by atoms with Gasteiger partial charge in [0.1, 0.15) is 18.1 Å². The number of hydrogen-bond acceptors (Lipinski definition) is 6. The zero-order valence-corrected chi connectivity index (χ0v) is 25.1. The Bertz CT molecular complexity index is 1350. The van der Waals surface area contributed by atoms with Crippen molar-refractivity contribution in [3.05, 3.63) is 71.9 Å². The molecule has 226 valence electrons. The number of amides is 3. The van der Waals surface area contributed by atoms with E-state index in [4.69, 9.17) is 5.73 Å². The fraction of sp³-hybridized carbons (Fsp3) is 0.419. The Hall–Kier alpha value is -3.83. The van der Waals surface area contributed by atoms with Crippen LogP contribution in [0.4, 0.5) is 0 Å². The summed E-state index contributed by atoms with van der Waals surface area (Å²) in [6.07, 6.45) is 5.02. The average Bonchev–Trinajstić information content (AvgIpc) is 3.39. The number of para-hydroxylation sites is 1. The summed E-state index contributed by atoms with van der Waals surface area (Å²) in [5.74, 6) is -2.49. The van der Waals surface area contributed by atoms with Crippen molar-refractivity contribution in [3.8, 4) is 0 Å². The predicted molar refractivity (Wildman–Crippen MR) is 166 cm³/mol. The fourth-order valence-electron chi connectivity index (χ4n) is 4.68. The number of nitrogens with one attached hydrogen (secondary N) is 4. The molecule has 2 aromatic carbocycles. The number of carbonyl (C=O) groups excluding carboxylic acids is 3. The number of aromatic amines is 1. The van der Waals surface area contributed by atoms with Gasteiger partial charge in [-0.15, -0.1) is 0 Å². The van der Waals surface area contributed by atoms with E-state index < -0.39 is 47.9 Å². The van der Waals surface area contributed by atoms with Crippen LogP contribution in [0.3, 0.4) is 0 Å². The number of carbonyl (C=O) groups is 4. The van der Waals surface area contributed by atoms with E-state index in [-0.39, 0.29) is 18.8 Å². The van der Waals surface area contributed by atoms with Gasteiger partial charge >= 0.3 is 5.97 Å². The number of H-pyrrole nitrogens is 1. The van der Waals surface area contributed by atoms with Gasteiger partial charge in [-0.05, 0) is 48.0 Å². The molecule has 42 heavy (non-hydrogen) atoms. The number of rotatable bonds is 16. The number of fused-ring (bicyclic) bond motifs is 1. The number of benzene rings is 2. The molecule has 0 aliphatic heterocycles. The van der Waals surface area contributed by atoms with Crippen molar-refractivity contribution < 1.29 is 24.3 Å². The molecular weight excluding hydrogens is 554 g/mol. The number of nitrogens with two attached hydrogens (primary N) is 1. The SMILES string of the molecule is CCC(C)C(NC(=O)C(Cc1ccccc1)NC(=O)C(CCSC)NC(=O)C(N)Cc1c[nH]c2ccccc12)C(=O)O. The monoisotopic (exact) mass is 595 g/mol. The highest BCUT2D eigenvalue weighted by Gasteiger charge is 2.32. The summed E-state index contributed by atoms with van der Waals surface area (Å²) in [6, 6.07) is 12.9. The lowest BCUT2D eigenvalue weighted by atomic mass is 9.98. The standard InChI is InChI=1S/C31H41N5O5S/c1-4-19(2)27(31(40)41)36-30(39)26(16-20-10-6-5-7-11-20)35-29(38)25(14-15-42-3)34-28(37)23(32)17-21-18-33-24-13-9-8-12-22(21)24/h5-13,18-19,23,25-27,33H,4,14-17,32H2,1-3H3,(H,34,37)(H,35,38)(H,36,39)(H,40,41). The van der Waals surface area contributed by atoms with Gasteiger partial charge in [0.2, 0.25) is 17.7 Å². The third kappa shape index (κ3) is 9.09. The Morgan fingerprint density at radius 3 is 2.21 bits per heavy atom. The highest BCUT2D eigenvalue weighted by atomic mass is 32.2. The number of thioether (sulfide) groups is 1. The molecule has 5 unspecified atom stereocenters. The Labute approximate surface area is 250 Å². The van der Waals surface area contributed by atoms with Crippen molar-refractivity contribution in [2.45, 2.75) is 63.7 Å². The second-order valence-corrected chi connectivity index (χ2v) is 11.5. The highest BCUT2D eigenvalue weighted by Crippen LogP contribution is 2.19. The molecule has 0 saturated heterocycles. The third-order valence-electron chi connectivity index (χ3n) is 7.39. The van der Waals surface area contributed by atoms with E-state index in [2.05, 4.69) is 20.9 Å². The van der Waals surface area contributed by atoms with E-state index in [1.807, 2.05) is 74.0 Å². The van der Waals surface area contributed by atoms with Crippen molar-refractivity contribution in [2.24, 2.45) is 11.7 Å². The van der Waals surface area contributed by atoms with Crippen molar-refractivity contribution in [3.63, 3.8) is 0 Å². The largest absolute Gasteiger partial charge is 0.480 e. The molecule has 0 fully saturated rings. The minimum Gasteiger partial charge on any atom is -0.480 e. The summed E-state index contributed by atoms with van der Waals surface area (Å²) >= 11 is 1.52. The summed E-state index contributed by atoms with van der Waals surface area (Å²) in [5.41, 5.74) is 8.90. The Balaban J connectivity index is 1.75. The number of aliphatic carboxylic acids is 1. The maximum atomic E-state index is 13.5. The molecule has 3 amide bonds. The minimum atomic E-state index is -1.14. The van der Waals surface area contributed by atoms with Gasteiger partial charge in [-0.2, -0.15) is 11.8 Å². The van der Waals surface area contributed by atoms with Crippen LogP contribution in [0, 0.1) is 5.92 Å². The van der Waals surface area contributed by atoms with Crippen LogP contribution in [0.15, 0.2) is 60.8 Å². The number of carboxylic acid groups (broad SMARTS) is 1. The molecule has 1 heterocycles. The van der Waals surface area contributed by atoms with Gasteiger partial charge < -0.3 is 31.8 Å². The van der Waals surface area contributed by atoms with E-state index >= 15 is 0 Å². The van der Waals surface area contributed by atoms with Gasteiger partial charge in [0.15, 0.2) is 0 Å². The molecule has 0 spiro atoms. The van der Waals surface area contributed by atoms with Gasteiger partial charge in [-0.25, -0.2) is 4.79 Å². The van der Waals surface area contributed by atoms with Crippen LogP contribution in [0.1, 0.15) is 37.8 Å². The van der Waals surface area contributed by atoms with Crippen molar-refractivity contribution in [1.82, 2.24) is 20.9 Å². The second-order valence-electron chi connectivity index (χ2n) is 10.5. The second kappa shape index (κ2) is 16.0. The lowest BCUT2D eigenvalue weighted by Crippen LogP contribution is -2.58. The zero-order valence-electron chi connectivity index (χ0n) is 24.3. The molecule has 0 saturated carbocycles. The van der Waals surface area contributed by atoms with E-state index in [1.54, 1.807) is 6.92 Å². The molecular formula is C31H41N5O5S. The molecule has 11 heteroatoms. The lowest BCUT2D eigenvalue weighted by Gasteiger charge is -2.26. The molecule has 0 aliphatic carbocycles. The average molecular weight is 596 g/mol. The molecule has 0 bridgehead atoms. The molecule has 7 N–H and O–H groups in total. The van der Waals surface area contributed by atoms with Crippen LogP contribution in [0.25, 0.3) is 10.9 Å². The first-order chi connectivity index (χ1) is 20.1. The van der Waals surface area contributed by atoms with Crippen molar-refractivity contribution >= 4 is 46.4 Å². The molecule has 0 radical (unpaired) electrons. The molecule has 0 aliphatic rings. The predicted octanol–water partition coefficient (Wildman–Crippen LogP) is 2.62. The summed E-state index contributed by atoms with van der Waals surface area (Å²) in [7, 11) is 0. The first-order valence-electron chi connectivity index (χ1n) is 14.1. The van der Waals surface area contributed by atoms with Crippen molar-refractivity contribution in [1.29, 1.82) is 0 Å². The van der Waals surface area contributed by atoms with E-state index in [1.165, 1.54) is 11.8 Å². The topological polar surface area (TPSA) is 166 Å². The minimum absolute atomic E-state index is 0.147. The van der Waals surface area contributed by atoms with Crippen LogP contribution in [-0.4, -0.2) is 70.0 Å². The molecule has 3 aromatic rings. The summed E-state index contributed by atoms with van der Waals surface area (Å²) in [4.78, 5) is 55.1. The van der Waals surface area contributed by atoms with E-state index in [0.717, 1.165) is 22.0 Å². The molecule has 1 aromatic heterocycles. The Morgan fingerprint density at radius 1 is 0.905 bits per heavy atom. The maximum Gasteiger partial charge on any atom is 0.326 e. The quantitative estimate of drug-likeness (QED) is 0.148. The fourth-order valence-corrected chi connectivity index (χ4v) is 5.15. The van der Waals surface area contributed by atoms with Crippen LogP contribution in [0.5, 0.6) is 0 Å². The lowest BCUT2D eigenvalue weighted by molar-refractivity contribution is -0.143. The van der Waals surface area contributed by atoms with E-state index in [0.29, 0.717) is 18.6 Å². The first kappa shape index (κ1) is 32.7. The van der Waals surface area contributed by atoms with Crippen LogP contribution in [0.2, 0.25) is 0 Å². The van der Waals surface area contributed by atoms with Crippen LogP contribution in [-0.2, 0) is 32.0 Å². The zero-order chi connectivity index (χ0) is 30.6. The number of hydrogen-bond donors (Lipinski definition) is 6. The summed E-state index contributed by atoms with van der Waals surface area (Å²) in [5, 5.41) is 18.8. The van der Waals surface area contributed by atoms with Crippen LogP contribution < -0.4 is 21.7 Å². The number of aromatic nitrogens is 1. The van der Waals surface area contributed by atoms with Gasteiger partial charge in [-0.3, -0.25) is 14.4 Å². The first-order valence-corrected chi connectivity index (χ1v) is 15.5. The van der Waals surface area contributed by atoms with Gasteiger partial charge in [-0.1, -0.05) is 68.8 Å². The summed E-state index contributed by atoms with van der Waals surface area (Å²) < 4.78 is 0. The maximum absolute atomic E-state index is 13.5. The highest BCUT2D eigenvalue weighted by molar-refractivity contribution is 7.98. The van der Waals surface area contributed by atoms with Crippen LogP contribution >= 0.6 is 11.8 Å². The van der Waals surface area contributed by atoms with Gasteiger partial charge in [0.05, 0.1) is 6.04 Å². The van der Waals surface area contributed by atoms with E-state index in [9.17, 15) is 24.3 Å². The van der Waals surface area contributed by atoms with Gasteiger partial charge in [0, 0.05) is 23.5 Å².